The monoisotopic (exact) mass is 821 g/mol. The van der Waals surface area contributed by atoms with Gasteiger partial charge in [-0.3, -0.25) is 0 Å². The van der Waals surface area contributed by atoms with Crippen LogP contribution in [-0.4, -0.2) is 11.7 Å². The van der Waals surface area contributed by atoms with Crippen LogP contribution in [0, 0.1) is 0 Å². The van der Waals surface area contributed by atoms with E-state index in [0.29, 0.717) is 0 Å². The van der Waals surface area contributed by atoms with Gasteiger partial charge in [0.05, 0.1) is 0 Å². The maximum Gasteiger partial charge on any atom is 0.160 e. The normalized spacial score (nSPS) is 16.6. The van der Waals surface area contributed by atoms with Gasteiger partial charge in [-0.1, -0.05) is 172 Å². The van der Waals surface area contributed by atoms with Gasteiger partial charge in [-0.2, -0.15) is 0 Å². The van der Waals surface area contributed by atoms with Crippen LogP contribution in [0.25, 0.3) is 76.5 Å². The van der Waals surface area contributed by atoms with E-state index in [4.69, 9.17) is 14.4 Å². The second-order valence-corrected chi connectivity index (χ2v) is 18.0. The van der Waals surface area contributed by atoms with Gasteiger partial charge in [0.25, 0.3) is 0 Å². The number of nitrogens with one attached hydrogen (secondary N) is 1. The van der Waals surface area contributed by atoms with Crippen LogP contribution < -0.4 is 5.32 Å². The molecule has 10 aromatic rings. The second-order valence-electron chi connectivity index (χ2n) is 18.0. The Hall–Kier alpha value is -7.82. The van der Waals surface area contributed by atoms with Gasteiger partial charge in [0.2, 0.25) is 0 Å². The lowest BCUT2D eigenvalue weighted by Gasteiger charge is -2.25. The van der Waals surface area contributed by atoms with Gasteiger partial charge in [0.15, 0.2) is 5.84 Å². The summed E-state index contributed by atoms with van der Waals surface area (Å²) in [6, 6.07) is 63.6. The summed E-state index contributed by atoms with van der Waals surface area (Å²) >= 11 is 0. The molecular weight excluding hydrogens is 779 g/mol. The summed E-state index contributed by atoms with van der Waals surface area (Å²) in [6.45, 7) is 4.63. The zero-order valence-electron chi connectivity index (χ0n) is 35.7. The first-order chi connectivity index (χ1) is 31.5. The van der Waals surface area contributed by atoms with Crippen LogP contribution in [0.5, 0.6) is 0 Å². The van der Waals surface area contributed by atoms with Gasteiger partial charge in [0.1, 0.15) is 23.2 Å². The molecule has 2 aliphatic carbocycles. The zero-order valence-corrected chi connectivity index (χ0v) is 35.7. The third kappa shape index (κ3) is 5.68. The molecule has 1 aromatic heterocycles. The predicted octanol–water partition coefficient (Wildman–Crippen LogP) is 15.1. The Kier molecular flexibility index (Phi) is 8.11. The fraction of sp³-hybridized carbons (Fsp3) is 0.100. The molecule has 9 aromatic carbocycles. The smallest absolute Gasteiger partial charge is 0.160 e. The Balaban J connectivity index is 0.867. The molecule has 1 atom stereocenters. The van der Waals surface area contributed by atoms with E-state index < -0.39 is 0 Å². The van der Waals surface area contributed by atoms with E-state index in [-0.39, 0.29) is 11.6 Å². The summed E-state index contributed by atoms with van der Waals surface area (Å²) < 4.78 is 6.62. The van der Waals surface area contributed by atoms with Crippen molar-refractivity contribution in [1.82, 2.24) is 5.32 Å². The van der Waals surface area contributed by atoms with E-state index in [1.807, 2.05) is 6.07 Å². The molecule has 1 unspecified atom stereocenters. The van der Waals surface area contributed by atoms with Gasteiger partial charge in [-0.15, -0.1) is 0 Å². The summed E-state index contributed by atoms with van der Waals surface area (Å²) in [5.74, 6) is 1.49. The lowest BCUT2D eigenvalue weighted by Crippen LogP contribution is -2.33. The van der Waals surface area contributed by atoms with Crippen LogP contribution in [-0.2, 0) is 5.41 Å². The number of rotatable bonds is 5. The van der Waals surface area contributed by atoms with Crippen LogP contribution in [0.2, 0.25) is 0 Å². The lowest BCUT2D eigenvalue weighted by molar-refractivity contribution is 0.660. The molecule has 3 aliphatic rings. The molecule has 4 heteroatoms. The topological polar surface area (TPSA) is 49.9 Å². The molecule has 0 amide bonds. The van der Waals surface area contributed by atoms with Crippen molar-refractivity contribution in [1.29, 1.82) is 0 Å². The Morgan fingerprint density at radius 1 is 0.531 bits per heavy atom. The first kappa shape index (κ1) is 36.8. The third-order valence-electron chi connectivity index (χ3n) is 14.0. The summed E-state index contributed by atoms with van der Waals surface area (Å²) in [7, 11) is 0. The van der Waals surface area contributed by atoms with Gasteiger partial charge in [-0.25, -0.2) is 9.98 Å². The van der Waals surface area contributed by atoms with Crippen molar-refractivity contribution in [3.63, 3.8) is 0 Å². The minimum absolute atomic E-state index is 0.123. The average Bonchev–Trinajstić information content (AvgIpc) is 3.84. The number of fused-ring (bicyclic) bond motifs is 12. The standard InChI is InChI=1S/C60H43N3O/c1-60(2)52-24-11-10-22-48(52)56-49(23-13-25-53(56)60)59-62-57(36-14-4-3-5-15-36)61-58(63-59)41-27-30-47-51-34-40(28-31-54(51)64-55(47)35-41)38-17-12-16-37(32-38)39-26-29-46-44-20-7-6-18-42(44)43-19-8-9-21-45(43)50(46)33-39/h3-11,13-15,17-35,57H,12,16H2,1-2H3,(H,61,62,63). The number of hydrogen-bond donors (Lipinski definition) is 1. The molecule has 64 heavy (non-hydrogen) atoms. The number of benzene rings is 9. The molecular formula is C60H43N3O. The second kappa shape index (κ2) is 14.1. The van der Waals surface area contributed by atoms with Crippen LogP contribution in [0.4, 0.5) is 0 Å². The highest BCUT2D eigenvalue weighted by Gasteiger charge is 2.37. The maximum atomic E-state index is 6.62. The summed E-state index contributed by atoms with van der Waals surface area (Å²) in [5, 5.41) is 13.7. The predicted molar refractivity (Wildman–Crippen MR) is 267 cm³/mol. The van der Waals surface area contributed by atoms with Crippen molar-refractivity contribution in [3.8, 4) is 11.1 Å². The number of nitrogens with zero attached hydrogens (tertiary/aromatic N) is 2. The number of hydrogen-bond acceptors (Lipinski definition) is 4. The molecule has 0 spiro atoms. The van der Waals surface area contributed by atoms with Crippen molar-refractivity contribution < 1.29 is 4.42 Å². The average molecular weight is 822 g/mol. The summed E-state index contributed by atoms with van der Waals surface area (Å²) in [4.78, 5) is 10.6. The lowest BCUT2D eigenvalue weighted by atomic mass is 9.82. The fourth-order valence-electron chi connectivity index (χ4n) is 10.8. The van der Waals surface area contributed by atoms with Gasteiger partial charge in [-0.05, 0) is 126 Å². The molecule has 0 fully saturated rings. The Morgan fingerprint density at radius 2 is 1.17 bits per heavy atom. The van der Waals surface area contributed by atoms with Crippen molar-refractivity contribution in [2.45, 2.75) is 38.3 Å². The molecule has 0 saturated carbocycles. The molecule has 4 nitrogen and oxygen atoms in total. The van der Waals surface area contributed by atoms with Crippen molar-refractivity contribution in [2.24, 2.45) is 9.98 Å². The fourth-order valence-corrected chi connectivity index (χ4v) is 10.8. The van der Waals surface area contributed by atoms with Gasteiger partial charge < -0.3 is 9.73 Å². The number of allylic oxidation sites excluding steroid dienone is 4. The van der Waals surface area contributed by atoms with Crippen molar-refractivity contribution in [2.75, 3.05) is 0 Å². The van der Waals surface area contributed by atoms with Gasteiger partial charge in [0, 0.05) is 27.3 Å². The molecule has 0 saturated heterocycles. The minimum Gasteiger partial charge on any atom is -0.456 e. The van der Waals surface area contributed by atoms with Crippen LogP contribution in [0.1, 0.15) is 71.8 Å². The van der Waals surface area contributed by atoms with E-state index in [9.17, 15) is 0 Å². The molecule has 304 valence electrons. The van der Waals surface area contributed by atoms with E-state index in [1.165, 1.54) is 76.8 Å². The molecule has 0 radical (unpaired) electrons. The van der Waals surface area contributed by atoms with Crippen LogP contribution >= 0.6 is 0 Å². The van der Waals surface area contributed by atoms with E-state index in [1.54, 1.807) is 0 Å². The summed E-state index contributed by atoms with van der Waals surface area (Å²) in [5.41, 5.74) is 14.8. The Labute approximate surface area is 371 Å². The maximum absolute atomic E-state index is 6.62. The molecule has 1 aliphatic heterocycles. The first-order valence-corrected chi connectivity index (χ1v) is 22.4. The number of furan rings is 1. The Morgan fingerprint density at radius 3 is 1.98 bits per heavy atom. The first-order valence-electron chi connectivity index (χ1n) is 22.4. The van der Waals surface area contributed by atoms with E-state index in [0.717, 1.165) is 63.1 Å². The Bertz CT molecular complexity index is 3700. The largest absolute Gasteiger partial charge is 0.456 e. The van der Waals surface area contributed by atoms with Crippen molar-refractivity contribution in [3.05, 3.63) is 227 Å². The highest BCUT2D eigenvalue weighted by atomic mass is 16.3. The summed E-state index contributed by atoms with van der Waals surface area (Å²) in [6.07, 6.45) is 6.46. The minimum atomic E-state index is -0.311. The SMILES string of the molecule is CC1(C)c2ccccc2-c2c(C3=NC(c4ccccc4)NC(c4ccc5c(c4)oc4ccc(C6=CCCC(c7ccc8c9ccccc9c9ccccc9c8c7)=C6)cc45)=N3)cccc21. The molecule has 13 rings (SSSR count). The highest BCUT2D eigenvalue weighted by molar-refractivity contribution is 6.25. The van der Waals surface area contributed by atoms with Gasteiger partial charge >= 0.3 is 0 Å². The third-order valence-corrected chi connectivity index (χ3v) is 14.0. The zero-order chi connectivity index (χ0) is 42.5. The van der Waals surface area contributed by atoms with Crippen molar-refractivity contribution >= 4 is 77.1 Å². The molecule has 0 bridgehead atoms. The highest BCUT2D eigenvalue weighted by Crippen LogP contribution is 2.50. The number of aliphatic imine (C=N–C) groups is 2. The molecule has 1 N–H and O–H groups in total. The van der Waals surface area contributed by atoms with Crippen LogP contribution in [0.3, 0.4) is 0 Å². The van der Waals surface area contributed by atoms with E-state index in [2.05, 4.69) is 201 Å². The quantitative estimate of drug-likeness (QED) is 0.176. The number of amidine groups is 2. The molecule has 2 heterocycles. The van der Waals surface area contributed by atoms with Crippen LogP contribution in [0.15, 0.2) is 202 Å². The van der Waals surface area contributed by atoms with E-state index >= 15 is 0 Å².